The van der Waals surface area contributed by atoms with E-state index in [1.165, 1.54) is 0 Å². The summed E-state index contributed by atoms with van der Waals surface area (Å²) in [5.41, 5.74) is 2.92. The molecule has 0 saturated carbocycles. The average molecular weight is 361 g/mol. The van der Waals surface area contributed by atoms with Gasteiger partial charge in [0.05, 0.1) is 0 Å². The maximum atomic E-state index is 12.7. The number of carbonyl (C=O) groups excluding carboxylic acids is 2. The lowest BCUT2D eigenvalue weighted by atomic mass is 10.1. The van der Waals surface area contributed by atoms with E-state index in [1.807, 2.05) is 64.2 Å². The molecule has 0 spiro atoms. The number of rotatable bonds is 4. The molecule has 4 rings (SSSR count). The summed E-state index contributed by atoms with van der Waals surface area (Å²) in [4.78, 5) is 28.3. The average Bonchev–Trinajstić information content (AvgIpc) is 3.11. The van der Waals surface area contributed by atoms with Crippen molar-refractivity contribution in [3.8, 4) is 0 Å². The standard InChI is InChI=1S/C22H23N3O2/c1-17(26)18-6-8-20(9-7-18)23-12-14-24(15-13-23)22(27)16-25-11-10-19-4-2-3-5-21(19)25/h2-11H,12-16H2,1H3. The van der Waals surface area contributed by atoms with Crippen LogP contribution in [0, 0.1) is 0 Å². The van der Waals surface area contributed by atoms with Gasteiger partial charge < -0.3 is 14.4 Å². The number of Topliss-reactive ketones (excluding diaryl/α,β-unsaturated/α-hetero) is 1. The van der Waals surface area contributed by atoms with Gasteiger partial charge in [-0.15, -0.1) is 0 Å². The summed E-state index contributed by atoms with van der Waals surface area (Å²) in [5.74, 6) is 0.234. The Morgan fingerprint density at radius 3 is 2.30 bits per heavy atom. The van der Waals surface area contributed by atoms with E-state index in [2.05, 4.69) is 11.0 Å². The number of ketones is 1. The molecule has 2 aromatic carbocycles. The number of anilines is 1. The molecule has 1 amide bonds. The lowest BCUT2D eigenvalue weighted by Crippen LogP contribution is -2.49. The predicted molar refractivity (Wildman–Crippen MR) is 107 cm³/mol. The summed E-state index contributed by atoms with van der Waals surface area (Å²) in [6.45, 7) is 4.99. The van der Waals surface area contributed by atoms with Crippen LogP contribution in [-0.2, 0) is 11.3 Å². The Kier molecular flexibility index (Phi) is 4.67. The molecule has 0 atom stereocenters. The van der Waals surface area contributed by atoms with Crippen LogP contribution in [-0.4, -0.2) is 47.3 Å². The maximum Gasteiger partial charge on any atom is 0.242 e. The number of para-hydroxylation sites is 1. The van der Waals surface area contributed by atoms with Gasteiger partial charge in [-0.2, -0.15) is 0 Å². The van der Waals surface area contributed by atoms with Crippen LogP contribution >= 0.6 is 0 Å². The number of carbonyl (C=O) groups is 2. The highest BCUT2D eigenvalue weighted by atomic mass is 16.2. The summed E-state index contributed by atoms with van der Waals surface area (Å²) in [7, 11) is 0. The number of hydrogen-bond donors (Lipinski definition) is 0. The van der Waals surface area contributed by atoms with Gasteiger partial charge in [0.15, 0.2) is 5.78 Å². The van der Waals surface area contributed by atoms with Crippen LogP contribution in [0.2, 0.25) is 0 Å². The molecule has 0 radical (unpaired) electrons. The second-order valence-electron chi connectivity index (χ2n) is 6.97. The zero-order valence-corrected chi connectivity index (χ0v) is 15.5. The molecular weight excluding hydrogens is 338 g/mol. The van der Waals surface area contributed by atoms with Crippen LogP contribution in [0.25, 0.3) is 10.9 Å². The quantitative estimate of drug-likeness (QED) is 0.671. The lowest BCUT2D eigenvalue weighted by Gasteiger charge is -2.36. The molecule has 1 aliphatic heterocycles. The second kappa shape index (κ2) is 7.27. The van der Waals surface area contributed by atoms with E-state index in [9.17, 15) is 9.59 Å². The molecule has 1 fully saturated rings. The van der Waals surface area contributed by atoms with Crippen LogP contribution in [0.1, 0.15) is 17.3 Å². The Labute approximate surface area is 158 Å². The van der Waals surface area contributed by atoms with E-state index >= 15 is 0 Å². The molecule has 1 saturated heterocycles. The van der Waals surface area contributed by atoms with E-state index in [0.29, 0.717) is 19.6 Å². The first-order valence-electron chi connectivity index (χ1n) is 9.29. The lowest BCUT2D eigenvalue weighted by molar-refractivity contribution is -0.132. The maximum absolute atomic E-state index is 12.7. The summed E-state index contributed by atoms with van der Waals surface area (Å²) < 4.78 is 2.02. The Balaban J connectivity index is 1.37. The number of piperazine rings is 1. The topological polar surface area (TPSA) is 45.6 Å². The van der Waals surface area contributed by atoms with Crippen molar-refractivity contribution in [1.29, 1.82) is 0 Å². The largest absolute Gasteiger partial charge is 0.368 e. The van der Waals surface area contributed by atoms with Gasteiger partial charge in [0, 0.05) is 49.1 Å². The fraction of sp³-hybridized carbons (Fsp3) is 0.273. The van der Waals surface area contributed by atoms with Gasteiger partial charge in [-0.25, -0.2) is 0 Å². The Morgan fingerprint density at radius 1 is 0.889 bits per heavy atom. The van der Waals surface area contributed by atoms with Crippen molar-refractivity contribution in [1.82, 2.24) is 9.47 Å². The normalized spacial score (nSPS) is 14.6. The Hall–Kier alpha value is -3.08. The number of fused-ring (bicyclic) bond motifs is 1. The minimum atomic E-state index is 0.0782. The monoisotopic (exact) mass is 361 g/mol. The molecule has 5 nitrogen and oxygen atoms in total. The van der Waals surface area contributed by atoms with E-state index in [4.69, 9.17) is 0 Å². The molecular formula is C22H23N3O2. The smallest absolute Gasteiger partial charge is 0.242 e. The molecule has 1 aliphatic rings. The first-order valence-corrected chi connectivity index (χ1v) is 9.29. The minimum absolute atomic E-state index is 0.0782. The molecule has 0 N–H and O–H groups in total. The Morgan fingerprint density at radius 2 is 1.59 bits per heavy atom. The van der Waals surface area contributed by atoms with Crippen LogP contribution in [0.5, 0.6) is 0 Å². The molecule has 27 heavy (non-hydrogen) atoms. The molecule has 0 aliphatic carbocycles. The van der Waals surface area contributed by atoms with Gasteiger partial charge in [-0.1, -0.05) is 18.2 Å². The van der Waals surface area contributed by atoms with Crippen molar-refractivity contribution in [3.05, 3.63) is 66.4 Å². The van der Waals surface area contributed by atoms with E-state index < -0.39 is 0 Å². The number of benzene rings is 2. The molecule has 0 unspecified atom stereocenters. The first-order chi connectivity index (χ1) is 13.1. The third kappa shape index (κ3) is 3.58. The van der Waals surface area contributed by atoms with Gasteiger partial charge in [-0.3, -0.25) is 9.59 Å². The van der Waals surface area contributed by atoms with Crippen LogP contribution < -0.4 is 4.90 Å². The minimum Gasteiger partial charge on any atom is -0.368 e. The van der Waals surface area contributed by atoms with Crippen LogP contribution in [0.3, 0.4) is 0 Å². The van der Waals surface area contributed by atoms with Gasteiger partial charge in [-0.05, 0) is 48.7 Å². The summed E-state index contributed by atoms with van der Waals surface area (Å²) >= 11 is 0. The highest BCUT2D eigenvalue weighted by Crippen LogP contribution is 2.19. The molecule has 1 aromatic heterocycles. The SMILES string of the molecule is CC(=O)c1ccc(N2CCN(C(=O)Cn3ccc4ccccc43)CC2)cc1. The third-order valence-corrected chi connectivity index (χ3v) is 5.26. The predicted octanol–water partition coefficient (Wildman–Crippen LogP) is 3.19. The number of hydrogen-bond acceptors (Lipinski definition) is 3. The number of aromatic nitrogens is 1. The van der Waals surface area contributed by atoms with Crippen LogP contribution in [0.15, 0.2) is 60.8 Å². The van der Waals surface area contributed by atoms with Crippen molar-refractivity contribution in [2.45, 2.75) is 13.5 Å². The first kappa shape index (κ1) is 17.3. The zero-order valence-electron chi connectivity index (χ0n) is 15.5. The molecule has 2 heterocycles. The van der Waals surface area contributed by atoms with E-state index in [1.54, 1.807) is 6.92 Å². The summed E-state index contributed by atoms with van der Waals surface area (Å²) in [5, 5.41) is 1.16. The molecule has 5 heteroatoms. The van der Waals surface area contributed by atoms with Crippen LogP contribution in [0.4, 0.5) is 5.69 Å². The molecule has 138 valence electrons. The third-order valence-electron chi connectivity index (χ3n) is 5.26. The second-order valence-corrected chi connectivity index (χ2v) is 6.97. The van der Waals surface area contributed by atoms with E-state index in [0.717, 1.165) is 35.2 Å². The highest BCUT2D eigenvalue weighted by Gasteiger charge is 2.21. The van der Waals surface area contributed by atoms with Gasteiger partial charge in [0.1, 0.15) is 6.54 Å². The van der Waals surface area contributed by atoms with Gasteiger partial charge >= 0.3 is 0 Å². The number of amides is 1. The number of nitrogens with zero attached hydrogens (tertiary/aromatic N) is 3. The summed E-state index contributed by atoms with van der Waals surface area (Å²) in [6.07, 6.45) is 1.98. The highest BCUT2D eigenvalue weighted by molar-refractivity contribution is 5.94. The van der Waals surface area contributed by atoms with Crippen molar-refractivity contribution in [2.75, 3.05) is 31.1 Å². The van der Waals surface area contributed by atoms with E-state index in [-0.39, 0.29) is 11.7 Å². The van der Waals surface area contributed by atoms with Gasteiger partial charge in [0.2, 0.25) is 5.91 Å². The molecule has 0 bridgehead atoms. The van der Waals surface area contributed by atoms with Crippen molar-refractivity contribution < 1.29 is 9.59 Å². The Bertz CT molecular complexity index is 967. The zero-order chi connectivity index (χ0) is 18.8. The van der Waals surface area contributed by atoms with Crippen molar-refractivity contribution in [2.24, 2.45) is 0 Å². The summed E-state index contributed by atoms with van der Waals surface area (Å²) in [6, 6.07) is 17.9. The molecule has 3 aromatic rings. The van der Waals surface area contributed by atoms with Gasteiger partial charge in [0.25, 0.3) is 0 Å². The van der Waals surface area contributed by atoms with Crippen molar-refractivity contribution in [3.63, 3.8) is 0 Å². The fourth-order valence-electron chi connectivity index (χ4n) is 3.65. The fourth-order valence-corrected chi connectivity index (χ4v) is 3.65. The van der Waals surface area contributed by atoms with Crippen molar-refractivity contribution >= 4 is 28.3 Å².